The minimum atomic E-state index is -0.226. The van der Waals surface area contributed by atoms with Crippen molar-refractivity contribution in [2.75, 3.05) is 30.0 Å². The number of halogens is 1. The van der Waals surface area contributed by atoms with E-state index >= 15 is 0 Å². The molecule has 38 heavy (non-hydrogen) atoms. The number of aryl methyl sites for hydroxylation is 1. The molecule has 0 spiro atoms. The van der Waals surface area contributed by atoms with E-state index in [9.17, 15) is 9.50 Å². The van der Waals surface area contributed by atoms with Crippen LogP contribution in [-0.2, 0) is 6.54 Å². The normalized spacial score (nSPS) is 13.4. The molecule has 1 aromatic carbocycles. The highest BCUT2D eigenvalue weighted by Gasteiger charge is 2.26. The maximum absolute atomic E-state index is 13.3. The van der Waals surface area contributed by atoms with Crippen molar-refractivity contribution in [3.63, 3.8) is 0 Å². The van der Waals surface area contributed by atoms with E-state index in [4.69, 9.17) is 4.98 Å². The molecule has 2 heterocycles. The molecule has 0 saturated heterocycles. The summed E-state index contributed by atoms with van der Waals surface area (Å²) >= 11 is 0. The summed E-state index contributed by atoms with van der Waals surface area (Å²) in [5.41, 5.74) is 7.66. The number of hydrogen-bond donors (Lipinski definition) is 1. The Morgan fingerprint density at radius 2 is 1.76 bits per heavy atom. The average Bonchev–Trinajstić information content (AvgIpc) is 2.87. The molecule has 1 N–H and O–H groups in total. The topological polar surface area (TPSA) is 39.6 Å². The average molecular weight is 520 g/mol. The second-order valence-corrected chi connectivity index (χ2v) is 9.22. The van der Waals surface area contributed by atoms with E-state index in [1.165, 1.54) is 35.3 Å². The molecule has 1 aliphatic heterocycles. The van der Waals surface area contributed by atoms with Crippen LogP contribution in [0.2, 0.25) is 0 Å². The van der Waals surface area contributed by atoms with Crippen molar-refractivity contribution < 1.29 is 9.50 Å². The summed E-state index contributed by atoms with van der Waals surface area (Å²) in [5.74, 6) is 2.90. The van der Waals surface area contributed by atoms with Gasteiger partial charge in [-0.1, -0.05) is 58.4 Å². The van der Waals surface area contributed by atoms with Gasteiger partial charge in [-0.3, -0.25) is 0 Å². The van der Waals surface area contributed by atoms with E-state index < -0.39 is 0 Å². The number of rotatable bonds is 8. The Morgan fingerprint density at radius 3 is 2.29 bits per heavy atom. The number of fused-ring (bicyclic) bond motifs is 1. The first-order chi connectivity index (χ1) is 18.2. The minimum absolute atomic E-state index is 0.0551. The summed E-state index contributed by atoms with van der Waals surface area (Å²) in [6.07, 6.45) is 14.3. The SMILES string of the molecule is C#CC.CC/C=C(/C)C1=CN(CCO)c2nc(C)c(N(C)Cc3ccc(F)cc3)cc2/C1=C\CC.CCC. The van der Waals surface area contributed by atoms with E-state index in [0.29, 0.717) is 13.1 Å². The van der Waals surface area contributed by atoms with Gasteiger partial charge in [0.05, 0.1) is 18.0 Å². The highest BCUT2D eigenvalue weighted by molar-refractivity contribution is 5.93. The molecule has 1 aromatic heterocycles. The zero-order valence-corrected chi connectivity index (χ0v) is 24.6. The quantitative estimate of drug-likeness (QED) is 0.358. The van der Waals surface area contributed by atoms with Crippen molar-refractivity contribution in [3.8, 4) is 12.3 Å². The van der Waals surface area contributed by atoms with E-state index in [0.717, 1.165) is 41.2 Å². The van der Waals surface area contributed by atoms with Gasteiger partial charge in [-0.05, 0) is 68.5 Å². The Labute approximate surface area is 230 Å². The number of β-amino-alcohol motifs (C(OH)–C–C–N with tert-alkyl or cyclic N) is 1. The summed E-state index contributed by atoms with van der Waals surface area (Å²) in [4.78, 5) is 9.18. The van der Waals surface area contributed by atoms with Gasteiger partial charge in [-0.15, -0.1) is 12.3 Å². The summed E-state index contributed by atoms with van der Waals surface area (Å²) in [5, 5.41) is 9.67. The lowest BCUT2D eigenvalue weighted by atomic mass is 9.89. The van der Waals surface area contributed by atoms with E-state index in [1.807, 2.05) is 26.1 Å². The number of pyridine rings is 1. The van der Waals surface area contributed by atoms with Crippen molar-refractivity contribution >= 4 is 17.1 Å². The van der Waals surface area contributed by atoms with Crippen LogP contribution >= 0.6 is 0 Å². The van der Waals surface area contributed by atoms with Crippen molar-refractivity contribution in [1.29, 1.82) is 0 Å². The molecule has 1 aliphatic rings. The largest absolute Gasteiger partial charge is 0.395 e. The van der Waals surface area contributed by atoms with Crippen LogP contribution in [0.4, 0.5) is 15.9 Å². The second kappa shape index (κ2) is 17.2. The van der Waals surface area contributed by atoms with Gasteiger partial charge in [0, 0.05) is 37.5 Å². The number of aliphatic hydroxyl groups is 1. The fourth-order valence-electron chi connectivity index (χ4n) is 4.20. The number of aromatic nitrogens is 1. The van der Waals surface area contributed by atoms with E-state index in [-0.39, 0.29) is 12.4 Å². The third kappa shape index (κ3) is 9.19. The van der Waals surface area contributed by atoms with Crippen molar-refractivity contribution in [3.05, 3.63) is 82.5 Å². The van der Waals surface area contributed by atoms with Crippen LogP contribution in [0.5, 0.6) is 0 Å². The smallest absolute Gasteiger partial charge is 0.140 e. The second-order valence-electron chi connectivity index (χ2n) is 9.22. The molecule has 0 atom stereocenters. The summed E-state index contributed by atoms with van der Waals surface area (Å²) in [6, 6.07) is 8.83. The van der Waals surface area contributed by atoms with Gasteiger partial charge in [0.1, 0.15) is 11.6 Å². The van der Waals surface area contributed by atoms with Crippen LogP contribution in [0.1, 0.15) is 77.6 Å². The highest BCUT2D eigenvalue weighted by Crippen LogP contribution is 2.41. The number of terminal acetylenes is 1. The first-order valence-corrected chi connectivity index (χ1v) is 13.5. The predicted molar refractivity (Wildman–Crippen MR) is 163 cm³/mol. The number of nitrogens with zero attached hydrogens (tertiary/aromatic N) is 3. The standard InChI is InChI=1S/C27H34FN3O.C3H8.C3H4/c1-6-8-19(3)25-18-31(14-15-32)27-24(23(25)9-7-2)16-26(20(4)29-27)30(5)17-21-10-12-22(28)13-11-21;2*1-3-2/h8-13,16,18,32H,6-7,14-15,17H2,1-5H3;3H2,1-2H3;1H,2H3/b19-8-,23-9+;;. The first kappa shape index (κ1) is 32.7. The monoisotopic (exact) mass is 519 g/mol. The van der Waals surface area contributed by atoms with Gasteiger partial charge in [-0.2, -0.15) is 0 Å². The number of allylic oxidation sites excluding steroid dienone is 5. The molecule has 3 rings (SSSR count). The molecule has 0 bridgehead atoms. The first-order valence-electron chi connectivity index (χ1n) is 13.5. The third-order valence-electron chi connectivity index (χ3n) is 5.73. The molecule has 0 saturated carbocycles. The minimum Gasteiger partial charge on any atom is -0.395 e. The summed E-state index contributed by atoms with van der Waals surface area (Å²) < 4.78 is 13.3. The predicted octanol–water partition coefficient (Wildman–Crippen LogP) is 8.07. The molecule has 0 amide bonds. The number of benzene rings is 1. The van der Waals surface area contributed by atoms with Crippen LogP contribution in [-0.4, -0.2) is 30.3 Å². The van der Waals surface area contributed by atoms with Crippen LogP contribution in [0.15, 0.2) is 59.8 Å². The maximum atomic E-state index is 13.3. The number of anilines is 2. The van der Waals surface area contributed by atoms with Crippen molar-refractivity contribution in [2.45, 2.75) is 74.3 Å². The van der Waals surface area contributed by atoms with Crippen LogP contribution in [0, 0.1) is 25.1 Å². The van der Waals surface area contributed by atoms with Gasteiger partial charge < -0.3 is 14.9 Å². The molecular weight excluding hydrogens is 473 g/mol. The van der Waals surface area contributed by atoms with E-state index in [2.05, 4.69) is 81.2 Å². The molecule has 206 valence electrons. The van der Waals surface area contributed by atoms with Gasteiger partial charge in [0.2, 0.25) is 0 Å². The molecule has 2 aromatic rings. The van der Waals surface area contributed by atoms with Gasteiger partial charge >= 0.3 is 0 Å². The molecule has 0 radical (unpaired) electrons. The lowest BCUT2D eigenvalue weighted by Gasteiger charge is -2.32. The van der Waals surface area contributed by atoms with Crippen molar-refractivity contribution in [1.82, 2.24) is 4.98 Å². The van der Waals surface area contributed by atoms with Gasteiger partial charge in [0.15, 0.2) is 0 Å². The van der Waals surface area contributed by atoms with Gasteiger partial charge in [0.25, 0.3) is 0 Å². The highest BCUT2D eigenvalue weighted by atomic mass is 19.1. The molecule has 5 heteroatoms. The van der Waals surface area contributed by atoms with Crippen LogP contribution < -0.4 is 9.80 Å². The Hall–Kier alpha value is -3.36. The molecule has 0 unspecified atom stereocenters. The third-order valence-corrected chi connectivity index (χ3v) is 5.73. The lowest BCUT2D eigenvalue weighted by molar-refractivity contribution is 0.305. The fraction of sp³-hybridized carbons (Fsp3) is 0.424. The zero-order valence-electron chi connectivity index (χ0n) is 24.6. The Bertz CT molecular complexity index is 1140. The van der Waals surface area contributed by atoms with Crippen molar-refractivity contribution in [2.24, 2.45) is 0 Å². The summed E-state index contributed by atoms with van der Waals surface area (Å²) in [6.45, 7) is 15.6. The molecule has 4 nitrogen and oxygen atoms in total. The van der Waals surface area contributed by atoms with Gasteiger partial charge in [-0.25, -0.2) is 9.37 Å². The summed E-state index contributed by atoms with van der Waals surface area (Å²) in [7, 11) is 2.04. The molecule has 0 aliphatic carbocycles. The maximum Gasteiger partial charge on any atom is 0.140 e. The zero-order chi connectivity index (χ0) is 28.7. The lowest BCUT2D eigenvalue weighted by Crippen LogP contribution is -2.28. The number of hydrogen-bond acceptors (Lipinski definition) is 4. The van der Waals surface area contributed by atoms with Crippen LogP contribution in [0.25, 0.3) is 5.57 Å². The number of aliphatic hydroxyl groups excluding tert-OH is 1. The van der Waals surface area contributed by atoms with E-state index in [1.54, 1.807) is 6.92 Å². The molecule has 0 fully saturated rings. The Balaban J connectivity index is 0.00000110. The Morgan fingerprint density at radius 1 is 1.16 bits per heavy atom. The van der Waals surface area contributed by atoms with Crippen LogP contribution in [0.3, 0.4) is 0 Å². The Kier molecular flexibility index (Phi) is 14.8. The fourth-order valence-corrected chi connectivity index (χ4v) is 4.20. The molecular formula is C33H46FN3O.